The fraction of sp³-hybridized carbons (Fsp3) is 0.706. The third-order valence-corrected chi connectivity index (χ3v) is 9.73. The highest BCUT2D eigenvalue weighted by atomic mass is 16.6. The van der Waals surface area contributed by atoms with E-state index in [4.69, 9.17) is 14.2 Å². The zero-order valence-electron chi connectivity index (χ0n) is 37.1. The van der Waals surface area contributed by atoms with Gasteiger partial charge in [-0.25, -0.2) is 0 Å². The molecule has 0 aromatic rings. The minimum absolute atomic E-state index is 0.0802. The van der Waals surface area contributed by atoms with Crippen molar-refractivity contribution in [2.75, 3.05) is 13.2 Å². The first-order valence-electron chi connectivity index (χ1n) is 23.4. The van der Waals surface area contributed by atoms with Gasteiger partial charge in [-0.2, -0.15) is 0 Å². The average Bonchev–Trinajstić information content (AvgIpc) is 3.21. The standard InChI is InChI=1S/C51H86O6/c1-4-7-10-13-15-17-18-19-20-21-22-23-24-25-26-27-28-29-30-31-32-34-35-38-41-44-50(53)56-47-48(46-55-49(52)43-40-37-12-9-6-3)57-51(54)45-42-39-36-33-16-14-11-8-5-2/h7,10,15,17,19-20,22-23,25-26,28-29,48H,4-6,8-9,11-14,16,18,21,24,27,30-47H2,1-3H3/b10-7-,17-15-,20-19-,23-22-,26-25-,29-28-. The van der Waals surface area contributed by atoms with Gasteiger partial charge in [0.15, 0.2) is 6.10 Å². The molecule has 0 radical (unpaired) electrons. The Labute approximate surface area is 351 Å². The number of allylic oxidation sites excluding steroid dienone is 12. The molecule has 0 fully saturated rings. The van der Waals surface area contributed by atoms with Crippen LogP contribution in [0.1, 0.15) is 213 Å². The summed E-state index contributed by atoms with van der Waals surface area (Å²) >= 11 is 0. The maximum absolute atomic E-state index is 12.6. The Morgan fingerprint density at radius 1 is 0.368 bits per heavy atom. The van der Waals surface area contributed by atoms with Crippen LogP contribution in [0.4, 0.5) is 0 Å². The number of unbranched alkanes of at least 4 members (excludes halogenated alkanes) is 18. The van der Waals surface area contributed by atoms with Crippen molar-refractivity contribution in [1.82, 2.24) is 0 Å². The SMILES string of the molecule is CC/C=C\C/C=C\C/C=C\C/C=C\C/C=C\C/C=C\CCCCCCCCC(=O)OCC(COC(=O)CCCCCCC)OC(=O)CCCCCCCCCCC. The summed E-state index contributed by atoms with van der Waals surface area (Å²) in [5.41, 5.74) is 0. The van der Waals surface area contributed by atoms with Crippen LogP contribution < -0.4 is 0 Å². The number of hydrogen-bond donors (Lipinski definition) is 0. The van der Waals surface area contributed by atoms with Crippen molar-refractivity contribution in [2.24, 2.45) is 0 Å². The van der Waals surface area contributed by atoms with Crippen molar-refractivity contribution < 1.29 is 28.6 Å². The van der Waals surface area contributed by atoms with Crippen LogP contribution in [0.3, 0.4) is 0 Å². The van der Waals surface area contributed by atoms with Gasteiger partial charge in [-0.15, -0.1) is 0 Å². The van der Waals surface area contributed by atoms with Crippen LogP contribution in [-0.4, -0.2) is 37.2 Å². The van der Waals surface area contributed by atoms with Crippen LogP contribution in [-0.2, 0) is 28.6 Å². The van der Waals surface area contributed by atoms with E-state index in [2.05, 4.69) is 93.7 Å². The second kappa shape index (κ2) is 45.6. The fourth-order valence-corrected chi connectivity index (χ4v) is 6.21. The molecule has 1 atom stereocenters. The fourth-order valence-electron chi connectivity index (χ4n) is 6.21. The molecule has 1 unspecified atom stereocenters. The van der Waals surface area contributed by atoms with Gasteiger partial charge in [-0.05, 0) is 70.6 Å². The van der Waals surface area contributed by atoms with E-state index < -0.39 is 6.10 Å². The normalized spacial score (nSPS) is 12.7. The number of esters is 3. The molecule has 6 heteroatoms. The van der Waals surface area contributed by atoms with Crippen LogP contribution >= 0.6 is 0 Å². The lowest BCUT2D eigenvalue weighted by atomic mass is 10.1. The molecule has 0 N–H and O–H groups in total. The highest BCUT2D eigenvalue weighted by Crippen LogP contribution is 2.13. The molecule has 0 rings (SSSR count). The predicted octanol–water partition coefficient (Wildman–Crippen LogP) is 15.1. The number of ether oxygens (including phenoxy) is 3. The molecule has 0 aliphatic rings. The summed E-state index contributed by atoms with van der Waals surface area (Å²) in [7, 11) is 0. The molecule has 0 aromatic heterocycles. The summed E-state index contributed by atoms with van der Waals surface area (Å²) in [6, 6.07) is 0. The van der Waals surface area contributed by atoms with Crippen LogP contribution in [0, 0.1) is 0 Å². The molecule has 0 aliphatic carbocycles. The van der Waals surface area contributed by atoms with Crippen molar-refractivity contribution in [1.29, 1.82) is 0 Å². The maximum Gasteiger partial charge on any atom is 0.306 e. The van der Waals surface area contributed by atoms with Crippen LogP contribution in [0.5, 0.6) is 0 Å². The molecular weight excluding hydrogens is 709 g/mol. The number of hydrogen-bond acceptors (Lipinski definition) is 6. The molecule has 0 spiro atoms. The lowest BCUT2D eigenvalue weighted by Crippen LogP contribution is -2.30. The monoisotopic (exact) mass is 795 g/mol. The van der Waals surface area contributed by atoms with Crippen LogP contribution in [0.25, 0.3) is 0 Å². The minimum Gasteiger partial charge on any atom is -0.462 e. The van der Waals surface area contributed by atoms with Gasteiger partial charge >= 0.3 is 17.9 Å². The van der Waals surface area contributed by atoms with Crippen LogP contribution in [0.2, 0.25) is 0 Å². The molecule has 0 amide bonds. The Morgan fingerprint density at radius 3 is 1.07 bits per heavy atom. The van der Waals surface area contributed by atoms with Crippen molar-refractivity contribution in [2.45, 2.75) is 219 Å². The van der Waals surface area contributed by atoms with E-state index in [-0.39, 0.29) is 31.1 Å². The van der Waals surface area contributed by atoms with Gasteiger partial charge in [0.05, 0.1) is 0 Å². The summed E-state index contributed by atoms with van der Waals surface area (Å²) in [4.78, 5) is 37.4. The molecular formula is C51H86O6. The van der Waals surface area contributed by atoms with E-state index in [0.29, 0.717) is 19.3 Å². The summed E-state index contributed by atoms with van der Waals surface area (Å²) in [6.45, 7) is 6.39. The Morgan fingerprint density at radius 2 is 0.684 bits per heavy atom. The first-order chi connectivity index (χ1) is 28.0. The van der Waals surface area contributed by atoms with Crippen molar-refractivity contribution in [3.05, 3.63) is 72.9 Å². The van der Waals surface area contributed by atoms with Crippen molar-refractivity contribution >= 4 is 17.9 Å². The van der Waals surface area contributed by atoms with Gasteiger partial charge < -0.3 is 14.2 Å². The molecule has 0 saturated carbocycles. The molecule has 0 bridgehead atoms. The zero-order valence-corrected chi connectivity index (χ0v) is 37.1. The van der Waals surface area contributed by atoms with Gasteiger partial charge in [0.2, 0.25) is 0 Å². The van der Waals surface area contributed by atoms with E-state index >= 15 is 0 Å². The number of rotatable bonds is 41. The van der Waals surface area contributed by atoms with E-state index in [0.717, 1.165) is 109 Å². The number of carbonyl (C=O) groups is 3. The Hall–Kier alpha value is -3.15. The average molecular weight is 795 g/mol. The second-order valence-electron chi connectivity index (χ2n) is 15.3. The molecule has 0 heterocycles. The lowest BCUT2D eigenvalue weighted by Gasteiger charge is -2.18. The summed E-state index contributed by atoms with van der Waals surface area (Å²) < 4.78 is 16.6. The highest BCUT2D eigenvalue weighted by molar-refractivity contribution is 5.71. The van der Waals surface area contributed by atoms with Gasteiger partial charge in [0, 0.05) is 19.3 Å². The topological polar surface area (TPSA) is 78.9 Å². The van der Waals surface area contributed by atoms with Gasteiger partial charge in [0.25, 0.3) is 0 Å². The van der Waals surface area contributed by atoms with Crippen molar-refractivity contribution in [3.63, 3.8) is 0 Å². The van der Waals surface area contributed by atoms with E-state index in [9.17, 15) is 14.4 Å². The van der Waals surface area contributed by atoms with Crippen LogP contribution in [0.15, 0.2) is 72.9 Å². The van der Waals surface area contributed by atoms with Gasteiger partial charge in [0.1, 0.15) is 13.2 Å². The molecule has 326 valence electrons. The highest BCUT2D eigenvalue weighted by Gasteiger charge is 2.19. The van der Waals surface area contributed by atoms with Crippen molar-refractivity contribution in [3.8, 4) is 0 Å². The second-order valence-corrected chi connectivity index (χ2v) is 15.3. The molecule has 0 saturated heterocycles. The third-order valence-electron chi connectivity index (χ3n) is 9.73. The lowest BCUT2D eigenvalue weighted by molar-refractivity contribution is -0.167. The number of carbonyl (C=O) groups excluding carboxylic acids is 3. The Kier molecular flexibility index (Phi) is 43.0. The van der Waals surface area contributed by atoms with Gasteiger partial charge in [-0.1, -0.05) is 196 Å². The summed E-state index contributed by atoms with van der Waals surface area (Å²) in [6.07, 6.45) is 56.4. The minimum atomic E-state index is -0.773. The van der Waals surface area contributed by atoms with E-state index in [1.807, 2.05) is 0 Å². The smallest absolute Gasteiger partial charge is 0.306 e. The largest absolute Gasteiger partial charge is 0.462 e. The summed E-state index contributed by atoms with van der Waals surface area (Å²) in [5, 5.41) is 0. The third kappa shape index (κ3) is 43.8. The molecule has 0 aromatic carbocycles. The molecule has 0 aliphatic heterocycles. The van der Waals surface area contributed by atoms with Gasteiger partial charge in [-0.3, -0.25) is 14.4 Å². The molecule has 57 heavy (non-hydrogen) atoms. The first kappa shape index (κ1) is 53.9. The maximum atomic E-state index is 12.6. The zero-order chi connectivity index (χ0) is 41.5. The van der Waals surface area contributed by atoms with E-state index in [1.165, 1.54) is 64.2 Å². The quantitative estimate of drug-likeness (QED) is 0.0265. The Bertz CT molecular complexity index is 1100. The first-order valence-corrected chi connectivity index (χ1v) is 23.4. The predicted molar refractivity (Wildman–Crippen MR) is 242 cm³/mol. The molecule has 6 nitrogen and oxygen atoms in total. The van der Waals surface area contributed by atoms with E-state index in [1.54, 1.807) is 0 Å². The summed E-state index contributed by atoms with van der Waals surface area (Å²) in [5.74, 6) is -0.916. The Balaban J connectivity index is 4.13.